The molecule has 1 saturated heterocycles. The van der Waals surface area contributed by atoms with E-state index >= 15 is 0 Å². The first kappa shape index (κ1) is 22.4. The SMILES string of the molecule is Cc1nn(-c2ccc(F)cc2)c(C)c1C=CC(=O)Nc1ccc(C(=O)N2CCOCC2)cc1. The lowest BCUT2D eigenvalue weighted by atomic mass is 10.1. The zero-order valence-electron chi connectivity index (χ0n) is 18.5. The van der Waals surface area contributed by atoms with Crippen LogP contribution in [-0.4, -0.2) is 52.8 Å². The lowest BCUT2D eigenvalue weighted by Crippen LogP contribution is -2.40. The first-order chi connectivity index (χ1) is 15.9. The Kier molecular flexibility index (Phi) is 6.65. The minimum atomic E-state index is -0.310. The van der Waals surface area contributed by atoms with E-state index in [1.54, 1.807) is 52.1 Å². The Morgan fingerprint density at radius 1 is 1.03 bits per heavy atom. The van der Waals surface area contributed by atoms with Crippen molar-refractivity contribution in [2.45, 2.75) is 13.8 Å². The van der Waals surface area contributed by atoms with Crippen LogP contribution in [0.15, 0.2) is 54.6 Å². The lowest BCUT2D eigenvalue weighted by molar-refractivity contribution is -0.111. The summed E-state index contributed by atoms with van der Waals surface area (Å²) in [7, 11) is 0. The smallest absolute Gasteiger partial charge is 0.254 e. The molecule has 7 nitrogen and oxygen atoms in total. The molecular weight excluding hydrogens is 423 g/mol. The molecule has 1 fully saturated rings. The number of carbonyl (C=O) groups is 2. The van der Waals surface area contributed by atoms with Gasteiger partial charge in [0, 0.05) is 41.7 Å². The quantitative estimate of drug-likeness (QED) is 0.603. The van der Waals surface area contributed by atoms with E-state index in [4.69, 9.17) is 4.74 Å². The minimum absolute atomic E-state index is 0.0415. The summed E-state index contributed by atoms with van der Waals surface area (Å²) in [4.78, 5) is 26.7. The van der Waals surface area contributed by atoms with E-state index in [-0.39, 0.29) is 17.6 Å². The standard InChI is InChI=1S/C25H25FN4O3/c1-17-23(18(2)30(28-17)22-9-5-20(26)6-10-22)11-12-24(31)27-21-7-3-19(4-8-21)25(32)29-13-15-33-16-14-29/h3-12H,13-16H2,1-2H3,(H,27,31). The summed E-state index contributed by atoms with van der Waals surface area (Å²) in [5.74, 6) is -0.647. The van der Waals surface area contributed by atoms with Crippen LogP contribution < -0.4 is 5.32 Å². The molecule has 2 amide bonds. The number of nitrogens with one attached hydrogen (secondary N) is 1. The number of hydrogen-bond acceptors (Lipinski definition) is 4. The number of nitrogens with zero attached hydrogens (tertiary/aromatic N) is 3. The highest BCUT2D eigenvalue weighted by Gasteiger charge is 2.18. The number of morpholine rings is 1. The second kappa shape index (κ2) is 9.79. The van der Waals surface area contributed by atoms with E-state index in [1.807, 2.05) is 13.8 Å². The third-order valence-electron chi connectivity index (χ3n) is 5.52. The number of benzene rings is 2. The minimum Gasteiger partial charge on any atom is -0.378 e. The number of aromatic nitrogens is 2. The number of aryl methyl sites for hydroxylation is 1. The molecule has 0 unspecified atom stereocenters. The van der Waals surface area contributed by atoms with E-state index in [0.717, 1.165) is 22.6 Å². The van der Waals surface area contributed by atoms with Gasteiger partial charge in [0.2, 0.25) is 5.91 Å². The van der Waals surface area contributed by atoms with Crippen molar-refractivity contribution in [2.75, 3.05) is 31.6 Å². The molecule has 8 heteroatoms. The zero-order chi connectivity index (χ0) is 23.4. The maximum Gasteiger partial charge on any atom is 0.254 e. The Bertz CT molecular complexity index is 1180. The van der Waals surface area contributed by atoms with Crippen molar-refractivity contribution >= 4 is 23.6 Å². The molecule has 2 aromatic carbocycles. The Morgan fingerprint density at radius 3 is 2.36 bits per heavy atom. The molecule has 1 N–H and O–H groups in total. The number of halogens is 1. The molecule has 33 heavy (non-hydrogen) atoms. The van der Waals surface area contributed by atoms with Crippen LogP contribution in [0.3, 0.4) is 0 Å². The monoisotopic (exact) mass is 448 g/mol. The number of ether oxygens (including phenoxy) is 1. The molecule has 1 aromatic heterocycles. The van der Waals surface area contributed by atoms with Crippen LogP contribution in [0.4, 0.5) is 10.1 Å². The molecule has 3 aromatic rings. The van der Waals surface area contributed by atoms with Gasteiger partial charge < -0.3 is 15.0 Å². The molecule has 0 bridgehead atoms. The predicted octanol–water partition coefficient (Wildman–Crippen LogP) is 3.75. The highest BCUT2D eigenvalue weighted by molar-refractivity contribution is 6.02. The molecule has 0 radical (unpaired) electrons. The van der Waals surface area contributed by atoms with E-state index in [9.17, 15) is 14.0 Å². The molecule has 2 heterocycles. The van der Waals surface area contributed by atoms with Crippen molar-refractivity contribution < 1.29 is 18.7 Å². The topological polar surface area (TPSA) is 76.5 Å². The summed E-state index contributed by atoms with van der Waals surface area (Å²) in [6.07, 6.45) is 3.15. The fourth-order valence-electron chi connectivity index (χ4n) is 3.72. The Labute approximate surface area is 191 Å². The van der Waals surface area contributed by atoms with Gasteiger partial charge in [-0.1, -0.05) is 0 Å². The number of hydrogen-bond donors (Lipinski definition) is 1. The van der Waals surface area contributed by atoms with Gasteiger partial charge in [-0.05, 0) is 68.5 Å². The van der Waals surface area contributed by atoms with Crippen LogP contribution in [0.2, 0.25) is 0 Å². The number of anilines is 1. The Hall–Kier alpha value is -3.78. The van der Waals surface area contributed by atoms with Gasteiger partial charge in [0.1, 0.15) is 5.82 Å². The normalized spacial score (nSPS) is 14.0. The van der Waals surface area contributed by atoms with Crippen molar-refractivity contribution in [3.8, 4) is 5.69 Å². The average Bonchev–Trinajstić information content (AvgIpc) is 3.12. The van der Waals surface area contributed by atoms with Crippen LogP contribution in [0.1, 0.15) is 27.3 Å². The molecule has 170 valence electrons. The highest BCUT2D eigenvalue weighted by Crippen LogP contribution is 2.20. The first-order valence-corrected chi connectivity index (χ1v) is 10.7. The molecule has 1 aliphatic heterocycles. The summed E-state index contributed by atoms with van der Waals surface area (Å²) in [6.45, 7) is 6.01. The Balaban J connectivity index is 1.41. The zero-order valence-corrected chi connectivity index (χ0v) is 18.5. The van der Waals surface area contributed by atoms with Crippen LogP contribution in [-0.2, 0) is 9.53 Å². The van der Waals surface area contributed by atoms with E-state index in [2.05, 4.69) is 10.4 Å². The fourth-order valence-corrected chi connectivity index (χ4v) is 3.72. The largest absolute Gasteiger partial charge is 0.378 e. The van der Waals surface area contributed by atoms with Crippen LogP contribution in [0.5, 0.6) is 0 Å². The molecule has 0 saturated carbocycles. The Morgan fingerprint density at radius 2 is 1.70 bits per heavy atom. The van der Waals surface area contributed by atoms with E-state index in [0.29, 0.717) is 37.6 Å². The maximum absolute atomic E-state index is 13.2. The summed E-state index contributed by atoms with van der Waals surface area (Å²) in [6, 6.07) is 12.9. The van der Waals surface area contributed by atoms with E-state index in [1.165, 1.54) is 18.2 Å². The van der Waals surface area contributed by atoms with Crippen molar-refractivity contribution in [2.24, 2.45) is 0 Å². The molecule has 4 rings (SSSR count). The average molecular weight is 448 g/mol. The molecule has 0 aliphatic carbocycles. The number of rotatable bonds is 5. The van der Waals surface area contributed by atoms with Gasteiger partial charge in [0.15, 0.2) is 0 Å². The van der Waals surface area contributed by atoms with Gasteiger partial charge in [0.05, 0.1) is 24.6 Å². The summed E-state index contributed by atoms with van der Waals surface area (Å²) < 4.78 is 20.2. The number of carbonyl (C=O) groups excluding carboxylic acids is 2. The van der Waals surface area contributed by atoms with Gasteiger partial charge >= 0.3 is 0 Å². The van der Waals surface area contributed by atoms with Crippen molar-refractivity contribution in [3.63, 3.8) is 0 Å². The van der Waals surface area contributed by atoms with Crippen molar-refractivity contribution in [1.82, 2.24) is 14.7 Å². The number of amides is 2. The van der Waals surface area contributed by atoms with Gasteiger partial charge in [-0.2, -0.15) is 5.10 Å². The van der Waals surface area contributed by atoms with Crippen LogP contribution in [0.25, 0.3) is 11.8 Å². The van der Waals surface area contributed by atoms with Gasteiger partial charge in [-0.25, -0.2) is 9.07 Å². The predicted molar refractivity (Wildman–Crippen MR) is 124 cm³/mol. The summed E-state index contributed by atoms with van der Waals surface area (Å²) in [5.41, 5.74) is 4.33. The van der Waals surface area contributed by atoms with Gasteiger partial charge in [-0.15, -0.1) is 0 Å². The second-order valence-corrected chi connectivity index (χ2v) is 7.78. The highest BCUT2D eigenvalue weighted by atomic mass is 19.1. The third-order valence-corrected chi connectivity index (χ3v) is 5.52. The van der Waals surface area contributed by atoms with Gasteiger partial charge in [-0.3, -0.25) is 9.59 Å². The maximum atomic E-state index is 13.2. The van der Waals surface area contributed by atoms with Crippen LogP contribution in [0, 0.1) is 19.7 Å². The van der Waals surface area contributed by atoms with Gasteiger partial charge in [0.25, 0.3) is 5.91 Å². The molecule has 0 spiro atoms. The lowest BCUT2D eigenvalue weighted by Gasteiger charge is -2.26. The van der Waals surface area contributed by atoms with Crippen LogP contribution >= 0.6 is 0 Å². The first-order valence-electron chi connectivity index (χ1n) is 10.7. The fraction of sp³-hybridized carbons (Fsp3) is 0.240. The van der Waals surface area contributed by atoms with Crippen molar-refractivity contribution in [1.29, 1.82) is 0 Å². The summed E-state index contributed by atoms with van der Waals surface area (Å²) in [5, 5.41) is 7.31. The second-order valence-electron chi connectivity index (χ2n) is 7.78. The van der Waals surface area contributed by atoms with Crippen molar-refractivity contribution in [3.05, 3.63) is 82.9 Å². The molecular formula is C25H25FN4O3. The molecule has 1 aliphatic rings. The third kappa shape index (κ3) is 5.18. The van der Waals surface area contributed by atoms with E-state index < -0.39 is 0 Å². The molecule has 0 atom stereocenters. The summed E-state index contributed by atoms with van der Waals surface area (Å²) >= 11 is 0.